The minimum absolute atomic E-state index is 0.0284. The Labute approximate surface area is 126 Å². The molecule has 2 rings (SSSR count). The molecule has 0 saturated heterocycles. The normalized spacial score (nSPS) is 10.2. The summed E-state index contributed by atoms with van der Waals surface area (Å²) in [6.45, 7) is 5.21. The summed E-state index contributed by atoms with van der Waals surface area (Å²) in [6, 6.07) is 15.8. The first kappa shape index (κ1) is 15.1. The second-order valence-electron chi connectivity index (χ2n) is 5.02. The molecule has 0 fully saturated rings. The molecule has 2 aromatic carbocycles. The van der Waals surface area contributed by atoms with E-state index in [2.05, 4.69) is 11.4 Å². The molecule has 0 aromatic heterocycles. The number of rotatable bonds is 6. The maximum Gasteiger partial charge on any atom is 0.224 e. The van der Waals surface area contributed by atoms with Gasteiger partial charge in [-0.3, -0.25) is 4.79 Å². The standard InChI is InChI=1S/C18H21NO2/c1-3-21-17-9-7-15(8-10-17)12-18(20)19-13-16-6-4-5-14(2)11-16/h4-11H,3,12-13H2,1-2H3,(H,19,20). The van der Waals surface area contributed by atoms with Gasteiger partial charge < -0.3 is 10.1 Å². The number of carbonyl (C=O) groups is 1. The first-order chi connectivity index (χ1) is 10.2. The predicted molar refractivity (Wildman–Crippen MR) is 84.3 cm³/mol. The van der Waals surface area contributed by atoms with Gasteiger partial charge in [-0.05, 0) is 37.1 Å². The van der Waals surface area contributed by atoms with Crippen molar-refractivity contribution in [2.24, 2.45) is 0 Å². The van der Waals surface area contributed by atoms with Crippen LogP contribution in [0.2, 0.25) is 0 Å². The van der Waals surface area contributed by atoms with Crippen molar-refractivity contribution in [3.05, 3.63) is 65.2 Å². The molecular formula is C18H21NO2. The van der Waals surface area contributed by atoms with E-state index in [4.69, 9.17) is 4.74 Å². The zero-order chi connectivity index (χ0) is 15.1. The van der Waals surface area contributed by atoms with E-state index < -0.39 is 0 Å². The van der Waals surface area contributed by atoms with Crippen LogP contribution >= 0.6 is 0 Å². The Morgan fingerprint density at radius 2 is 1.86 bits per heavy atom. The van der Waals surface area contributed by atoms with Crippen LogP contribution in [0.1, 0.15) is 23.6 Å². The lowest BCUT2D eigenvalue weighted by molar-refractivity contribution is -0.120. The van der Waals surface area contributed by atoms with Gasteiger partial charge in [-0.25, -0.2) is 0 Å². The summed E-state index contributed by atoms with van der Waals surface area (Å²) in [5.74, 6) is 0.863. The minimum atomic E-state index is 0.0284. The summed E-state index contributed by atoms with van der Waals surface area (Å²) in [5, 5.41) is 2.94. The zero-order valence-corrected chi connectivity index (χ0v) is 12.6. The summed E-state index contributed by atoms with van der Waals surface area (Å²) in [7, 11) is 0. The van der Waals surface area contributed by atoms with Gasteiger partial charge in [-0.15, -0.1) is 0 Å². The van der Waals surface area contributed by atoms with Crippen molar-refractivity contribution in [3.63, 3.8) is 0 Å². The Kier molecular flexibility index (Phi) is 5.38. The van der Waals surface area contributed by atoms with Crippen LogP contribution in [-0.4, -0.2) is 12.5 Å². The number of amides is 1. The highest BCUT2D eigenvalue weighted by Gasteiger charge is 2.04. The molecule has 0 bridgehead atoms. The largest absolute Gasteiger partial charge is 0.494 e. The second-order valence-corrected chi connectivity index (χ2v) is 5.02. The highest BCUT2D eigenvalue weighted by Crippen LogP contribution is 2.12. The first-order valence-corrected chi connectivity index (χ1v) is 7.21. The van der Waals surface area contributed by atoms with E-state index >= 15 is 0 Å². The van der Waals surface area contributed by atoms with Crippen LogP contribution in [0, 0.1) is 6.92 Å². The molecule has 0 radical (unpaired) electrons. The van der Waals surface area contributed by atoms with Crippen LogP contribution < -0.4 is 10.1 Å². The van der Waals surface area contributed by atoms with Crippen molar-refractivity contribution < 1.29 is 9.53 Å². The predicted octanol–water partition coefficient (Wildman–Crippen LogP) is 3.25. The van der Waals surface area contributed by atoms with Crippen molar-refractivity contribution in [2.45, 2.75) is 26.8 Å². The Bertz CT molecular complexity index is 590. The lowest BCUT2D eigenvalue weighted by atomic mass is 10.1. The first-order valence-electron chi connectivity index (χ1n) is 7.21. The third kappa shape index (κ3) is 4.95. The Morgan fingerprint density at radius 3 is 2.52 bits per heavy atom. The van der Waals surface area contributed by atoms with Crippen LogP contribution in [0.15, 0.2) is 48.5 Å². The molecule has 0 aliphatic heterocycles. The molecular weight excluding hydrogens is 262 g/mol. The Balaban J connectivity index is 1.84. The SMILES string of the molecule is CCOc1ccc(CC(=O)NCc2cccc(C)c2)cc1. The highest BCUT2D eigenvalue weighted by atomic mass is 16.5. The molecule has 2 aromatic rings. The number of carbonyl (C=O) groups excluding carboxylic acids is 1. The smallest absolute Gasteiger partial charge is 0.224 e. The second kappa shape index (κ2) is 7.48. The molecule has 0 aliphatic carbocycles. The Hall–Kier alpha value is -2.29. The average Bonchev–Trinajstić information content (AvgIpc) is 2.48. The zero-order valence-electron chi connectivity index (χ0n) is 12.6. The summed E-state index contributed by atoms with van der Waals surface area (Å²) in [6.07, 6.45) is 0.387. The van der Waals surface area contributed by atoms with Crippen LogP contribution in [0.4, 0.5) is 0 Å². The summed E-state index contributed by atoms with van der Waals surface area (Å²) in [4.78, 5) is 11.9. The van der Waals surface area contributed by atoms with Gasteiger partial charge in [0.2, 0.25) is 5.91 Å². The van der Waals surface area contributed by atoms with Gasteiger partial charge in [0, 0.05) is 6.54 Å². The molecule has 1 amide bonds. The summed E-state index contributed by atoms with van der Waals surface area (Å²) < 4.78 is 5.38. The van der Waals surface area contributed by atoms with Crippen molar-refractivity contribution in [3.8, 4) is 5.75 Å². The number of hydrogen-bond donors (Lipinski definition) is 1. The lowest BCUT2D eigenvalue weighted by Gasteiger charge is -2.07. The molecule has 0 saturated carbocycles. The van der Waals surface area contributed by atoms with Crippen LogP contribution in [0.25, 0.3) is 0 Å². The average molecular weight is 283 g/mol. The number of aryl methyl sites for hydroxylation is 1. The molecule has 0 atom stereocenters. The fourth-order valence-corrected chi connectivity index (χ4v) is 2.14. The van der Waals surface area contributed by atoms with Crippen LogP contribution in [0.5, 0.6) is 5.75 Å². The third-order valence-electron chi connectivity index (χ3n) is 3.17. The summed E-state index contributed by atoms with van der Waals surface area (Å²) >= 11 is 0. The molecule has 21 heavy (non-hydrogen) atoms. The van der Waals surface area contributed by atoms with E-state index in [9.17, 15) is 4.79 Å². The topological polar surface area (TPSA) is 38.3 Å². The van der Waals surface area contributed by atoms with E-state index in [1.807, 2.05) is 56.3 Å². The fraction of sp³-hybridized carbons (Fsp3) is 0.278. The number of hydrogen-bond acceptors (Lipinski definition) is 2. The lowest BCUT2D eigenvalue weighted by Crippen LogP contribution is -2.24. The highest BCUT2D eigenvalue weighted by molar-refractivity contribution is 5.78. The quantitative estimate of drug-likeness (QED) is 0.883. The monoisotopic (exact) mass is 283 g/mol. The molecule has 110 valence electrons. The summed E-state index contributed by atoms with van der Waals surface area (Å²) in [5.41, 5.74) is 3.31. The number of nitrogens with one attached hydrogen (secondary N) is 1. The fourth-order valence-electron chi connectivity index (χ4n) is 2.14. The van der Waals surface area contributed by atoms with Crippen molar-refractivity contribution >= 4 is 5.91 Å². The van der Waals surface area contributed by atoms with E-state index in [0.29, 0.717) is 19.6 Å². The van der Waals surface area contributed by atoms with Gasteiger partial charge >= 0.3 is 0 Å². The molecule has 3 nitrogen and oxygen atoms in total. The molecule has 3 heteroatoms. The molecule has 0 unspecified atom stereocenters. The van der Waals surface area contributed by atoms with Gasteiger partial charge in [0.1, 0.15) is 5.75 Å². The van der Waals surface area contributed by atoms with Crippen LogP contribution in [0.3, 0.4) is 0 Å². The van der Waals surface area contributed by atoms with E-state index in [-0.39, 0.29) is 5.91 Å². The van der Waals surface area contributed by atoms with Gasteiger partial charge in [0.15, 0.2) is 0 Å². The number of ether oxygens (including phenoxy) is 1. The van der Waals surface area contributed by atoms with Gasteiger partial charge in [0.25, 0.3) is 0 Å². The molecule has 0 spiro atoms. The van der Waals surface area contributed by atoms with E-state index in [1.54, 1.807) is 0 Å². The van der Waals surface area contributed by atoms with Gasteiger partial charge in [-0.1, -0.05) is 42.0 Å². The molecule has 0 heterocycles. The van der Waals surface area contributed by atoms with Crippen molar-refractivity contribution in [1.82, 2.24) is 5.32 Å². The van der Waals surface area contributed by atoms with Gasteiger partial charge in [0.05, 0.1) is 13.0 Å². The Morgan fingerprint density at radius 1 is 1.10 bits per heavy atom. The van der Waals surface area contributed by atoms with E-state index in [1.165, 1.54) is 5.56 Å². The maximum atomic E-state index is 11.9. The number of benzene rings is 2. The van der Waals surface area contributed by atoms with E-state index in [0.717, 1.165) is 16.9 Å². The van der Waals surface area contributed by atoms with Crippen LogP contribution in [-0.2, 0) is 17.8 Å². The maximum absolute atomic E-state index is 11.9. The molecule has 0 aliphatic rings. The van der Waals surface area contributed by atoms with Crippen molar-refractivity contribution in [1.29, 1.82) is 0 Å². The van der Waals surface area contributed by atoms with Gasteiger partial charge in [-0.2, -0.15) is 0 Å². The minimum Gasteiger partial charge on any atom is -0.494 e. The molecule has 1 N–H and O–H groups in total. The third-order valence-corrected chi connectivity index (χ3v) is 3.17. The van der Waals surface area contributed by atoms with Crippen molar-refractivity contribution in [2.75, 3.05) is 6.61 Å².